The summed E-state index contributed by atoms with van der Waals surface area (Å²) in [7, 11) is 0. The number of hydrogen-bond acceptors (Lipinski definition) is 2. The molecule has 0 spiro atoms. The predicted octanol–water partition coefficient (Wildman–Crippen LogP) is 3.51. The van der Waals surface area contributed by atoms with Crippen molar-refractivity contribution < 1.29 is 0 Å². The summed E-state index contributed by atoms with van der Waals surface area (Å²) in [5.41, 5.74) is 7.40. The van der Waals surface area contributed by atoms with E-state index in [1.165, 1.54) is 10.4 Å². The van der Waals surface area contributed by atoms with E-state index < -0.39 is 0 Å². The van der Waals surface area contributed by atoms with Crippen LogP contribution in [0.1, 0.15) is 10.4 Å². The molecule has 3 heteroatoms. The molecule has 1 nitrogen and oxygen atoms in total. The summed E-state index contributed by atoms with van der Waals surface area (Å²) in [6.45, 7) is 0. The van der Waals surface area contributed by atoms with Crippen LogP contribution in [0.25, 0.3) is 0 Å². The second kappa shape index (κ2) is 5.48. The monoisotopic (exact) mass is 251 g/mol. The van der Waals surface area contributed by atoms with Crippen LogP contribution in [0.3, 0.4) is 0 Å². The molecule has 0 amide bonds. The lowest BCUT2D eigenvalue weighted by molar-refractivity contribution is 0.671. The summed E-state index contributed by atoms with van der Waals surface area (Å²) in [5.74, 6) is 0. The van der Waals surface area contributed by atoms with Gasteiger partial charge in [0.1, 0.15) is 0 Å². The fraction of sp³-hybridized carbons (Fsp3) is 0.231. The lowest BCUT2D eigenvalue weighted by atomic mass is 10.0. The van der Waals surface area contributed by atoms with E-state index in [1.54, 1.807) is 11.3 Å². The number of rotatable bonds is 4. The lowest BCUT2D eigenvalue weighted by Gasteiger charge is -2.10. The first kappa shape index (κ1) is 11.6. The molecular formula is C13H14ClNS. The molecule has 0 aliphatic rings. The number of halogens is 1. The Morgan fingerprint density at radius 3 is 2.56 bits per heavy atom. The molecule has 2 aromatic rings. The molecule has 2 N–H and O–H groups in total. The van der Waals surface area contributed by atoms with Crippen molar-refractivity contribution in [2.45, 2.75) is 18.9 Å². The van der Waals surface area contributed by atoms with Gasteiger partial charge in [-0.25, -0.2) is 0 Å². The van der Waals surface area contributed by atoms with E-state index in [9.17, 15) is 0 Å². The summed E-state index contributed by atoms with van der Waals surface area (Å²) >= 11 is 7.55. The van der Waals surface area contributed by atoms with E-state index in [0.29, 0.717) is 0 Å². The molecule has 1 atom stereocenters. The Morgan fingerprint density at radius 2 is 1.94 bits per heavy atom. The van der Waals surface area contributed by atoms with Crippen molar-refractivity contribution in [1.29, 1.82) is 0 Å². The van der Waals surface area contributed by atoms with E-state index in [0.717, 1.165) is 17.9 Å². The first-order valence-corrected chi connectivity index (χ1v) is 6.52. The number of benzene rings is 1. The maximum Gasteiger partial charge on any atom is 0.0515 e. The van der Waals surface area contributed by atoms with E-state index in [-0.39, 0.29) is 6.04 Å². The molecule has 84 valence electrons. The van der Waals surface area contributed by atoms with Crippen LogP contribution in [0.5, 0.6) is 0 Å². The minimum atomic E-state index is 0.164. The molecule has 0 saturated heterocycles. The van der Waals surface area contributed by atoms with Crippen molar-refractivity contribution in [2.75, 3.05) is 0 Å². The van der Waals surface area contributed by atoms with Crippen LogP contribution in [0.2, 0.25) is 5.02 Å². The van der Waals surface area contributed by atoms with Gasteiger partial charge < -0.3 is 5.73 Å². The highest BCUT2D eigenvalue weighted by molar-refractivity contribution is 7.10. The minimum absolute atomic E-state index is 0.164. The van der Waals surface area contributed by atoms with Gasteiger partial charge >= 0.3 is 0 Å². The maximum atomic E-state index is 6.11. The van der Waals surface area contributed by atoms with Crippen LogP contribution in [0.4, 0.5) is 0 Å². The molecule has 2 rings (SSSR count). The zero-order chi connectivity index (χ0) is 11.4. The fourth-order valence-electron chi connectivity index (χ4n) is 1.71. The van der Waals surface area contributed by atoms with Gasteiger partial charge in [-0.1, -0.05) is 41.9 Å². The van der Waals surface area contributed by atoms with Crippen LogP contribution in [-0.2, 0) is 12.8 Å². The molecular weight excluding hydrogens is 238 g/mol. The summed E-state index contributed by atoms with van der Waals surface area (Å²) in [6, 6.07) is 12.5. The molecule has 0 radical (unpaired) electrons. The van der Waals surface area contributed by atoms with Gasteiger partial charge in [-0.05, 0) is 24.5 Å². The van der Waals surface area contributed by atoms with Crippen molar-refractivity contribution >= 4 is 22.9 Å². The molecule has 1 heterocycles. The Kier molecular flexibility index (Phi) is 3.99. The van der Waals surface area contributed by atoms with Gasteiger partial charge in [-0.3, -0.25) is 0 Å². The zero-order valence-corrected chi connectivity index (χ0v) is 10.5. The van der Waals surface area contributed by atoms with Crippen molar-refractivity contribution in [3.63, 3.8) is 0 Å². The Hall–Kier alpha value is -0.830. The summed E-state index contributed by atoms with van der Waals surface area (Å²) < 4.78 is 0. The van der Waals surface area contributed by atoms with Crippen molar-refractivity contribution in [1.82, 2.24) is 0 Å². The molecule has 0 fully saturated rings. The standard InChI is InChI=1S/C13H14ClNS/c14-11-7-13(16-9-11)8-12(15)6-10-4-2-1-3-5-10/h1-5,7,9,12H,6,8,15H2. The molecule has 0 aliphatic carbocycles. The third-order valence-electron chi connectivity index (χ3n) is 2.43. The highest BCUT2D eigenvalue weighted by Gasteiger charge is 2.07. The molecule has 1 unspecified atom stereocenters. The summed E-state index contributed by atoms with van der Waals surface area (Å²) in [6.07, 6.45) is 1.81. The van der Waals surface area contributed by atoms with Gasteiger partial charge in [0.25, 0.3) is 0 Å². The van der Waals surface area contributed by atoms with E-state index in [1.807, 2.05) is 29.6 Å². The average molecular weight is 252 g/mol. The predicted molar refractivity (Wildman–Crippen MR) is 71.2 cm³/mol. The van der Waals surface area contributed by atoms with Crippen LogP contribution in [0, 0.1) is 0 Å². The SMILES string of the molecule is NC(Cc1ccccc1)Cc1cc(Cl)cs1. The van der Waals surface area contributed by atoms with E-state index in [2.05, 4.69) is 12.1 Å². The van der Waals surface area contributed by atoms with Gasteiger partial charge in [0.15, 0.2) is 0 Å². The first-order chi connectivity index (χ1) is 7.74. The van der Waals surface area contributed by atoms with Crippen LogP contribution in [0.15, 0.2) is 41.8 Å². The topological polar surface area (TPSA) is 26.0 Å². The fourth-order valence-corrected chi connectivity index (χ4v) is 2.88. The van der Waals surface area contributed by atoms with Crippen LogP contribution >= 0.6 is 22.9 Å². The third-order valence-corrected chi connectivity index (χ3v) is 3.73. The lowest BCUT2D eigenvalue weighted by Crippen LogP contribution is -2.24. The van der Waals surface area contributed by atoms with Crippen molar-refractivity contribution in [3.05, 3.63) is 57.2 Å². The average Bonchev–Trinajstić information content (AvgIpc) is 2.65. The van der Waals surface area contributed by atoms with Crippen molar-refractivity contribution in [3.8, 4) is 0 Å². The summed E-state index contributed by atoms with van der Waals surface area (Å²) in [4.78, 5) is 1.26. The minimum Gasteiger partial charge on any atom is -0.327 e. The molecule has 0 bridgehead atoms. The first-order valence-electron chi connectivity index (χ1n) is 5.26. The zero-order valence-electron chi connectivity index (χ0n) is 8.90. The summed E-state index contributed by atoms with van der Waals surface area (Å²) in [5, 5.41) is 2.76. The molecule has 1 aromatic heterocycles. The van der Waals surface area contributed by atoms with Gasteiger partial charge in [-0.2, -0.15) is 0 Å². The smallest absolute Gasteiger partial charge is 0.0515 e. The molecule has 16 heavy (non-hydrogen) atoms. The molecule has 0 saturated carbocycles. The van der Waals surface area contributed by atoms with Crippen molar-refractivity contribution in [2.24, 2.45) is 5.73 Å². The molecule has 0 aliphatic heterocycles. The Bertz CT molecular complexity index is 438. The quantitative estimate of drug-likeness (QED) is 0.884. The second-order valence-corrected chi connectivity index (χ2v) is 5.32. The number of hydrogen-bond donors (Lipinski definition) is 1. The third kappa shape index (κ3) is 3.34. The number of nitrogens with two attached hydrogens (primary N) is 1. The highest BCUT2D eigenvalue weighted by atomic mass is 35.5. The van der Waals surface area contributed by atoms with Gasteiger partial charge in [-0.15, -0.1) is 11.3 Å². The van der Waals surface area contributed by atoms with Gasteiger partial charge in [0.05, 0.1) is 5.02 Å². The van der Waals surface area contributed by atoms with E-state index >= 15 is 0 Å². The maximum absolute atomic E-state index is 6.11. The second-order valence-electron chi connectivity index (χ2n) is 3.89. The number of thiophene rings is 1. The molecule has 1 aromatic carbocycles. The van der Waals surface area contributed by atoms with E-state index in [4.69, 9.17) is 17.3 Å². The largest absolute Gasteiger partial charge is 0.327 e. The Morgan fingerprint density at radius 1 is 1.19 bits per heavy atom. The highest BCUT2D eigenvalue weighted by Crippen LogP contribution is 2.20. The Balaban J connectivity index is 1.92. The van der Waals surface area contributed by atoms with Gasteiger partial charge in [0.2, 0.25) is 0 Å². The van der Waals surface area contributed by atoms with Crippen LogP contribution < -0.4 is 5.73 Å². The van der Waals surface area contributed by atoms with Gasteiger partial charge in [0, 0.05) is 16.3 Å². The normalized spacial score (nSPS) is 12.6. The van der Waals surface area contributed by atoms with Crippen LogP contribution in [-0.4, -0.2) is 6.04 Å². The Labute approximate surface area is 105 Å².